The molecule has 0 unspecified atom stereocenters. The highest BCUT2D eigenvalue weighted by molar-refractivity contribution is 9.10. The Morgan fingerprint density at radius 2 is 2.29 bits per heavy atom. The van der Waals surface area contributed by atoms with Crippen LogP contribution in [0.4, 0.5) is 10.1 Å². The Labute approximate surface area is 93.4 Å². The van der Waals surface area contributed by atoms with Crippen LogP contribution in [-0.4, -0.2) is 11.7 Å². The quantitative estimate of drug-likeness (QED) is 0.789. The van der Waals surface area contributed by atoms with Crippen LogP contribution >= 0.6 is 27.7 Å². The van der Waals surface area contributed by atoms with Crippen LogP contribution in [-0.2, 0) is 4.79 Å². The summed E-state index contributed by atoms with van der Waals surface area (Å²) in [6.07, 6.45) is 0.471. The summed E-state index contributed by atoms with van der Waals surface area (Å²) in [6, 6.07) is 3.04. The number of nitrogens with one attached hydrogen (secondary N) is 1. The van der Waals surface area contributed by atoms with Gasteiger partial charge in [0, 0.05) is 17.1 Å². The van der Waals surface area contributed by atoms with Crippen molar-refractivity contribution in [2.75, 3.05) is 11.1 Å². The maximum absolute atomic E-state index is 13.2. The van der Waals surface area contributed by atoms with Gasteiger partial charge in [0.1, 0.15) is 5.82 Å². The lowest BCUT2D eigenvalue weighted by atomic mass is 10.3. The topological polar surface area (TPSA) is 29.1 Å². The number of hydrogen-bond acceptors (Lipinski definition) is 2. The lowest BCUT2D eigenvalue weighted by Crippen LogP contribution is -2.10. The molecule has 0 saturated heterocycles. The van der Waals surface area contributed by atoms with Crippen LogP contribution in [0.3, 0.4) is 0 Å². The summed E-state index contributed by atoms with van der Waals surface area (Å²) < 4.78 is 13.6. The number of carbonyl (C=O) groups is 1. The summed E-state index contributed by atoms with van der Waals surface area (Å²) in [5.41, 5.74) is 0.568. The maximum Gasteiger partial charge on any atom is 0.225 e. The van der Waals surface area contributed by atoms with E-state index in [1.807, 2.05) is 0 Å². The third-order valence-corrected chi connectivity index (χ3v) is 3.55. The average Bonchev–Trinajstić information content (AvgIpc) is 2.28. The van der Waals surface area contributed by atoms with Crippen molar-refractivity contribution in [3.8, 4) is 0 Å². The van der Waals surface area contributed by atoms with Crippen LogP contribution in [0.1, 0.15) is 6.42 Å². The minimum atomic E-state index is -0.355. The van der Waals surface area contributed by atoms with E-state index in [1.54, 1.807) is 17.8 Å². The number of anilines is 1. The standard InChI is InChI=1S/C9H7BrFNOS/c10-5-3-8-7(4-6(5)11)12-9(13)1-2-14-8/h3-4H,1-2H2,(H,12,13). The van der Waals surface area contributed by atoms with Gasteiger partial charge in [0.25, 0.3) is 0 Å². The molecule has 1 amide bonds. The van der Waals surface area contributed by atoms with Crippen LogP contribution in [0.25, 0.3) is 0 Å². The summed E-state index contributed by atoms with van der Waals surface area (Å²) >= 11 is 4.67. The van der Waals surface area contributed by atoms with Gasteiger partial charge in [-0.05, 0) is 28.1 Å². The highest BCUT2D eigenvalue weighted by Crippen LogP contribution is 2.34. The van der Waals surface area contributed by atoms with Crippen molar-refractivity contribution in [2.24, 2.45) is 0 Å². The fraction of sp³-hybridized carbons (Fsp3) is 0.222. The van der Waals surface area contributed by atoms with Crippen molar-refractivity contribution in [1.29, 1.82) is 0 Å². The minimum Gasteiger partial charge on any atom is -0.325 e. The third kappa shape index (κ3) is 1.93. The van der Waals surface area contributed by atoms with Crippen LogP contribution in [0, 0.1) is 5.82 Å². The summed E-state index contributed by atoms with van der Waals surface area (Å²) in [4.78, 5) is 12.1. The largest absolute Gasteiger partial charge is 0.325 e. The van der Waals surface area contributed by atoms with Gasteiger partial charge in [-0.25, -0.2) is 4.39 Å². The van der Waals surface area contributed by atoms with Gasteiger partial charge in [0.05, 0.1) is 10.2 Å². The van der Waals surface area contributed by atoms with E-state index in [1.165, 1.54) is 6.07 Å². The molecule has 2 nitrogen and oxygen atoms in total. The van der Waals surface area contributed by atoms with Crippen LogP contribution < -0.4 is 5.32 Å². The number of carbonyl (C=O) groups excluding carboxylic acids is 1. The van der Waals surface area contributed by atoms with Crippen LogP contribution in [0.2, 0.25) is 0 Å². The van der Waals surface area contributed by atoms with E-state index < -0.39 is 0 Å². The fourth-order valence-electron chi connectivity index (χ4n) is 1.21. The molecular weight excluding hydrogens is 269 g/mol. The van der Waals surface area contributed by atoms with E-state index >= 15 is 0 Å². The second kappa shape index (κ2) is 3.90. The van der Waals surface area contributed by atoms with Crippen molar-refractivity contribution < 1.29 is 9.18 Å². The first-order chi connectivity index (χ1) is 6.66. The Morgan fingerprint density at radius 1 is 1.50 bits per heavy atom. The van der Waals surface area contributed by atoms with E-state index in [2.05, 4.69) is 21.2 Å². The summed E-state index contributed by atoms with van der Waals surface area (Å²) in [7, 11) is 0. The molecule has 0 spiro atoms. The number of thioether (sulfide) groups is 1. The first kappa shape index (κ1) is 9.98. The molecular formula is C9H7BrFNOS. The fourth-order valence-corrected chi connectivity index (χ4v) is 2.68. The molecule has 0 bridgehead atoms. The number of rotatable bonds is 0. The van der Waals surface area contributed by atoms with Gasteiger partial charge in [-0.1, -0.05) is 0 Å². The Bertz CT molecular complexity index is 397. The van der Waals surface area contributed by atoms with Crippen LogP contribution in [0.15, 0.2) is 21.5 Å². The molecule has 1 aliphatic rings. The lowest BCUT2D eigenvalue weighted by molar-refractivity contribution is -0.115. The predicted molar refractivity (Wildman–Crippen MR) is 58.1 cm³/mol. The van der Waals surface area contributed by atoms with Gasteiger partial charge in [-0.15, -0.1) is 11.8 Å². The molecule has 74 valence electrons. The number of amides is 1. The van der Waals surface area contributed by atoms with Crippen molar-refractivity contribution in [3.63, 3.8) is 0 Å². The Morgan fingerprint density at radius 3 is 3.07 bits per heavy atom. The zero-order valence-corrected chi connectivity index (χ0v) is 9.54. The summed E-state index contributed by atoms with van der Waals surface area (Å²) in [6.45, 7) is 0. The van der Waals surface area contributed by atoms with Gasteiger partial charge < -0.3 is 5.32 Å². The smallest absolute Gasteiger partial charge is 0.225 e. The van der Waals surface area contributed by atoms with Crippen molar-refractivity contribution in [3.05, 3.63) is 22.4 Å². The Hall–Kier alpha value is -0.550. The number of halogens is 2. The average molecular weight is 276 g/mol. The van der Waals surface area contributed by atoms with E-state index in [4.69, 9.17) is 0 Å². The Kier molecular flexibility index (Phi) is 2.78. The molecule has 5 heteroatoms. The molecule has 0 saturated carbocycles. The summed E-state index contributed by atoms with van der Waals surface area (Å²) in [5.74, 6) is 0.321. The van der Waals surface area contributed by atoms with Gasteiger partial charge in [0.2, 0.25) is 5.91 Å². The molecule has 0 atom stereocenters. The highest BCUT2D eigenvalue weighted by Gasteiger charge is 2.15. The van der Waals surface area contributed by atoms with Gasteiger partial charge in [-0.2, -0.15) is 0 Å². The van der Waals surface area contributed by atoms with Gasteiger partial charge in [-0.3, -0.25) is 4.79 Å². The van der Waals surface area contributed by atoms with E-state index in [-0.39, 0.29) is 11.7 Å². The number of fused-ring (bicyclic) bond motifs is 1. The molecule has 0 aromatic heterocycles. The highest BCUT2D eigenvalue weighted by atomic mass is 79.9. The molecule has 14 heavy (non-hydrogen) atoms. The molecule has 0 radical (unpaired) electrons. The molecule has 0 fully saturated rings. The normalized spacial score (nSPS) is 15.7. The Balaban J connectivity index is 2.46. The van der Waals surface area contributed by atoms with E-state index in [9.17, 15) is 9.18 Å². The molecule has 1 aromatic rings. The molecule has 1 aliphatic heterocycles. The first-order valence-electron chi connectivity index (χ1n) is 4.08. The SMILES string of the molecule is O=C1CCSc2cc(Br)c(F)cc2N1. The molecule has 1 heterocycles. The van der Waals surface area contributed by atoms with E-state index in [0.29, 0.717) is 16.6 Å². The number of benzene rings is 1. The second-order valence-electron chi connectivity index (χ2n) is 2.91. The third-order valence-electron chi connectivity index (χ3n) is 1.88. The minimum absolute atomic E-state index is 0.0574. The van der Waals surface area contributed by atoms with Crippen LogP contribution in [0.5, 0.6) is 0 Å². The molecule has 1 N–H and O–H groups in total. The maximum atomic E-state index is 13.2. The zero-order valence-electron chi connectivity index (χ0n) is 7.14. The predicted octanol–water partition coefficient (Wildman–Crippen LogP) is 3.02. The lowest BCUT2D eigenvalue weighted by Gasteiger charge is -2.06. The van der Waals surface area contributed by atoms with Gasteiger partial charge >= 0.3 is 0 Å². The molecule has 0 aliphatic carbocycles. The first-order valence-corrected chi connectivity index (χ1v) is 5.86. The van der Waals surface area contributed by atoms with Crippen molar-refractivity contribution >= 4 is 39.3 Å². The molecule has 2 rings (SSSR count). The second-order valence-corrected chi connectivity index (χ2v) is 4.90. The monoisotopic (exact) mass is 275 g/mol. The van der Waals surface area contributed by atoms with Crippen molar-refractivity contribution in [2.45, 2.75) is 11.3 Å². The molecule has 1 aromatic carbocycles. The van der Waals surface area contributed by atoms with Crippen molar-refractivity contribution in [1.82, 2.24) is 0 Å². The number of hydrogen-bond donors (Lipinski definition) is 1. The zero-order chi connectivity index (χ0) is 10.1. The van der Waals surface area contributed by atoms with Gasteiger partial charge in [0.15, 0.2) is 0 Å². The van der Waals surface area contributed by atoms with E-state index in [0.717, 1.165) is 10.6 Å². The summed E-state index contributed by atoms with van der Waals surface area (Å²) in [5, 5.41) is 2.67.